The van der Waals surface area contributed by atoms with Crippen LogP contribution in [0.25, 0.3) is 0 Å². The van der Waals surface area contributed by atoms with Gasteiger partial charge in [-0.1, -0.05) is 31.4 Å². The highest BCUT2D eigenvalue weighted by Gasteiger charge is 2.28. The number of aliphatic hydroxyl groups excluding tert-OH is 1. The number of ether oxygens (including phenoxy) is 2. The molecule has 3 nitrogen and oxygen atoms in total. The Labute approximate surface area is 118 Å². The Hall–Kier alpha value is -0.930. The fourth-order valence-electron chi connectivity index (χ4n) is 3.20. The summed E-state index contributed by atoms with van der Waals surface area (Å²) in [5, 5.41) is 11.1. The molecule has 19 heavy (non-hydrogen) atoms. The molecule has 3 atom stereocenters. The van der Waals surface area contributed by atoms with E-state index >= 15 is 0 Å². The fourth-order valence-corrected chi connectivity index (χ4v) is 3.47. The molecular formula is C15H19ClO3. The number of halogens is 1. The highest BCUT2D eigenvalue weighted by atomic mass is 35.5. The Morgan fingerprint density at radius 1 is 1.32 bits per heavy atom. The average Bonchev–Trinajstić information content (AvgIpc) is 2.86. The average molecular weight is 283 g/mol. The lowest BCUT2D eigenvalue weighted by Crippen LogP contribution is -2.20. The highest BCUT2D eigenvalue weighted by molar-refractivity contribution is 6.32. The molecule has 0 bridgehead atoms. The molecule has 1 aromatic rings. The van der Waals surface area contributed by atoms with Crippen molar-refractivity contribution in [3.8, 4) is 11.5 Å². The van der Waals surface area contributed by atoms with Crippen LogP contribution in [-0.2, 0) is 0 Å². The summed E-state index contributed by atoms with van der Waals surface area (Å²) in [6.07, 6.45) is 4.16. The normalized spacial score (nSPS) is 27.3. The van der Waals surface area contributed by atoms with Crippen molar-refractivity contribution in [2.45, 2.75) is 38.7 Å². The maximum Gasteiger partial charge on any atom is 0.231 e. The predicted octanol–water partition coefficient (Wildman–Crippen LogP) is 3.93. The molecule has 1 N–H and O–H groups in total. The number of benzene rings is 1. The van der Waals surface area contributed by atoms with Gasteiger partial charge in [0.2, 0.25) is 6.79 Å². The standard InChI is InChI=1S/C15H19ClO3/c1-9-3-2-4-10(5-9)14(17)11-6-12(16)15-13(7-11)18-8-19-15/h6-7,9-10,14,17H,2-5,8H2,1H3. The molecule has 0 aromatic heterocycles. The Bertz CT molecular complexity index is 475. The first-order chi connectivity index (χ1) is 9.15. The van der Waals surface area contributed by atoms with Crippen LogP contribution in [0.2, 0.25) is 5.02 Å². The largest absolute Gasteiger partial charge is 0.454 e. The van der Waals surface area contributed by atoms with Gasteiger partial charge >= 0.3 is 0 Å². The summed E-state index contributed by atoms with van der Waals surface area (Å²) in [7, 11) is 0. The van der Waals surface area contributed by atoms with Crippen LogP contribution < -0.4 is 9.47 Å². The van der Waals surface area contributed by atoms with Crippen molar-refractivity contribution >= 4 is 11.6 Å². The van der Waals surface area contributed by atoms with E-state index in [0.29, 0.717) is 28.4 Å². The zero-order valence-electron chi connectivity index (χ0n) is 11.1. The van der Waals surface area contributed by atoms with E-state index < -0.39 is 6.10 Å². The maximum absolute atomic E-state index is 10.6. The van der Waals surface area contributed by atoms with Crippen LogP contribution in [0.15, 0.2) is 12.1 Å². The molecule has 1 fully saturated rings. The molecule has 0 amide bonds. The lowest BCUT2D eigenvalue weighted by atomic mass is 9.78. The Kier molecular flexibility index (Phi) is 3.59. The molecule has 0 spiro atoms. The molecule has 1 aliphatic carbocycles. The summed E-state index contributed by atoms with van der Waals surface area (Å²) in [4.78, 5) is 0. The van der Waals surface area contributed by atoms with E-state index in [4.69, 9.17) is 21.1 Å². The maximum atomic E-state index is 10.6. The minimum Gasteiger partial charge on any atom is -0.454 e. The van der Waals surface area contributed by atoms with Gasteiger partial charge in [0.25, 0.3) is 0 Å². The van der Waals surface area contributed by atoms with Gasteiger partial charge in [0.1, 0.15) is 0 Å². The molecular weight excluding hydrogens is 264 g/mol. The van der Waals surface area contributed by atoms with E-state index in [1.165, 1.54) is 12.8 Å². The quantitative estimate of drug-likeness (QED) is 0.893. The molecule has 0 radical (unpaired) electrons. The second-order valence-corrected chi connectivity index (χ2v) is 6.12. The van der Waals surface area contributed by atoms with E-state index in [0.717, 1.165) is 18.4 Å². The van der Waals surface area contributed by atoms with Crippen molar-refractivity contribution in [1.82, 2.24) is 0 Å². The van der Waals surface area contributed by atoms with Gasteiger partial charge in [-0.3, -0.25) is 0 Å². The van der Waals surface area contributed by atoms with Gasteiger partial charge in [-0.25, -0.2) is 0 Å². The number of fused-ring (bicyclic) bond motifs is 1. The molecule has 1 aliphatic heterocycles. The van der Waals surface area contributed by atoms with Crippen LogP contribution in [0.3, 0.4) is 0 Å². The van der Waals surface area contributed by atoms with Gasteiger partial charge in [-0.2, -0.15) is 0 Å². The summed E-state index contributed by atoms with van der Waals surface area (Å²) in [5.74, 6) is 2.25. The number of hydrogen-bond acceptors (Lipinski definition) is 3. The second-order valence-electron chi connectivity index (χ2n) is 5.71. The van der Waals surface area contributed by atoms with Crippen LogP contribution in [0.1, 0.15) is 44.3 Å². The summed E-state index contributed by atoms with van der Waals surface area (Å²) in [5.41, 5.74) is 0.841. The van der Waals surface area contributed by atoms with Crippen molar-refractivity contribution < 1.29 is 14.6 Å². The van der Waals surface area contributed by atoms with Crippen molar-refractivity contribution in [2.75, 3.05) is 6.79 Å². The SMILES string of the molecule is CC1CCCC(C(O)c2cc(Cl)c3c(c2)OCO3)C1. The Morgan fingerprint density at radius 2 is 2.16 bits per heavy atom. The molecule has 1 heterocycles. The first-order valence-corrected chi connectivity index (χ1v) is 7.30. The molecule has 3 rings (SSSR count). The number of aliphatic hydroxyl groups is 1. The smallest absolute Gasteiger partial charge is 0.231 e. The minimum absolute atomic E-state index is 0.203. The van der Waals surface area contributed by atoms with Crippen LogP contribution in [0, 0.1) is 11.8 Å². The van der Waals surface area contributed by atoms with Crippen molar-refractivity contribution in [1.29, 1.82) is 0 Å². The number of hydrogen-bond donors (Lipinski definition) is 1. The van der Waals surface area contributed by atoms with Crippen molar-refractivity contribution in [3.05, 3.63) is 22.7 Å². The Morgan fingerprint density at radius 3 is 2.95 bits per heavy atom. The topological polar surface area (TPSA) is 38.7 Å². The van der Waals surface area contributed by atoms with Gasteiger partial charge in [0.05, 0.1) is 11.1 Å². The van der Waals surface area contributed by atoms with E-state index in [-0.39, 0.29) is 6.79 Å². The van der Waals surface area contributed by atoms with Crippen LogP contribution in [0.4, 0.5) is 0 Å². The molecule has 2 aliphatic rings. The molecule has 1 saturated carbocycles. The summed E-state index contributed by atoms with van der Waals surface area (Å²) in [6.45, 7) is 2.46. The molecule has 0 saturated heterocycles. The summed E-state index contributed by atoms with van der Waals surface area (Å²) < 4.78 is 10.7. The zero-order valence-corrected chi connectivity index (χ0v) is 11.8. The third-order valence-electron chi connectivity index (χ3n) is 4.21. The lowest BCUT2D eigenvalue weighted by Gasteiger charge is -2.30. The monoisotopic (exact) mass is 282 g/mol. The number of rotatable bonds is 2. The molecule has 4 heteroatoms. The van der Waals surface area contributed by atoms with Crippen molar-refractivity contribution in [3.63, 3.8) is 0 Å². The minimum atomic E-state index is -0.463. The predicted molar refractivity (Wildman–Crippen MR) is 73.7 cm³/mol. The Balaban J connectivity index is 1.83. The van der Waals surface area contributed by atoms with Gasteiger partial charge in [-0.05, 0) is 42.4 Å². The van der Waals surface area contributed by atoms with Gasteiger partial charge in [0, 0.05) is 0 Å². The molecule has 3 unspecified atom stereocenters. The van der Waals surface area contributed by atoms with E-state index in [2.05, 4.69) is 6.92 Å². The van der Waals surface area contributed by atoms with E-state index in [9.17, 15) is 5.11 Å². The lowest BCUT2D eigenvalue weighted by molar-refractivity contribution is 0.0712. The van der Waals surface area contributed by atoms with E-state index in [1.54, 1.807) is 6.07 Å². The molecule has 1 aromatic carbocycles. The molecule has 104 valence electrons. The first-order valence-electron chi connectivity index (χ1n) is 6.92. The van der Waals surface area contributed by atoms with Crippen LogP contribution in [-0.4, -0.2) is 11.9 Å². The van der Waals surface area contributed by atoms with Gasteiger partial charge in [-0.15, -0.1) is 0 Å². The van der Waals surface area contributed by atoms with Crippen molar-refractivity contribution in [2.24, 2.45) is 11.8 Å². The first kappa shape index (κ1) is 13.1. The highest BCUT2D eigenvalue weighted by Crippen LogP contribution is 2.44. The summed E-state index contributed by atoms with van der Waals surface area (Å²) in [6, 6.07) is 3.66. The second kappa shape index (κ2) is 5.22. The van der Waals surface area contributed by atoms with Crippen LogP contribution in [0.5, 0.6) is 11.5 Å². The van der Waals surface area contributed by atoms with Gasteiger partial charge in [0.15, 0.2) is 11.5 Å². The summed E-state index contributed by atoms with van der Waals surface area (Å²) >= 11 is 6.17. The fraction of sp³-hybridized carbons (Fsp3) is 0.600. The third-order valence-corrected chi connectivity index (χ3v) is 4.50. The van der Waals surface area contributed by atoms with Crippen LogP contribution >= 0.6 is 11.6 Å². The zero-order chi connectivity index (χ0) is 13.4. The third kappa shape index (κ3) is 2.54. The van der Waals surface area contributed by atoms with E-state index in [1.807, 2.05) is 6.07 Å². The van der Waals surface area contributed by atoms with Gasteiger partial charge < -0.3 is 14.6 Å².